The van der Waals surface area contributed by atoms with Gasteiger partial charge in [0, 0.05) is 25.0 Å². The fourth-order valence-corrected chi connectivity index (χ4v) is 4.82. The molecule has 1 aliphatic heterocycles. The van der Waals surface area contributed by atoms with Crippen molar-refractivity contribution < 1.29 is 22.4 Å². The summed E-state index contributed by atoms with van der Waals surface area (Å²) >= 11 is 1.16. The monoisotopic (exact) mass is 434 g/mol. The number of rotatable bonds is 6. The van der Waals surface area contributed by atoms with Crippen molar-refractivity contribution in [3.05, 3.63) is 42.6 Å². The first-order valence-corrected chi connectivity index (χ1v) is 11.3. The molecule has 3 aromatic rings. The van der Waals surface area contributed by atoms with Crippen LogP contribution in [0.4, 0.5) is 5.69 Å². The van der Waals surface area contributed by atoms with Gasteiger partial charge in [-0.15, -0.1) is 0 Å². The number of pyridine rings is 1. The Morgan fingerprint density at radius 3 is 2.66 bits per heavy atom. The number of carbonyl (C=O) groups is 1. The molecule has 2 aromatic heterocycles. The van der Waals surface area contributed by atoms with Crippen LogP contribution in [0.3, 0.4) is 0 Å². The van der Waals surface area contributed by atoms with Gasteiger partial charge in [0.1, 0.15) is 0 Å². The van der Waals surface area contributed by atoms with Gasteiger partial charge in [0.15, 0.2) is 11.2 Å². The Balaban J connectivity index is 1.35. The molecule has 0 bridgehead atoms. The lowest BCUT2D eigenvalue weighted by Crippen LogP contribution is -2.40. The highest BCUT2D eigenvalue weighted by atomic mass is 32.2. The van der Waals surface area contributed by atoms with Gasteiger partial charge in [-0.25, -0.2) is 13.4 Å². The fourth-order valence-electron chi connectivity index (χ4n) is 2.78. The molecule has 0 spiro atoms. The van der Waals surface area contributed by atoms with Crippen molar-refractivity contribution in [2.75, 3.05) is 37.4 Å². The molecule has 11 heteroatoms. The molecule has 1 aliphatic rings. The average molecular weight is 434 g/mol. The lowest BCUT2D eigenvalue weighted by atomic mass is 10.3. The van der Waals surface area contributed by atoms with Gasteiger partial charge in [-0.2, -0.15) is 9.29 Å². The topological polar surface area (TPSA) is 115 Å². The van der Waals surface area contributed by atoms with Gasteiger partial charge in [-0.1, -0.05) is 11.8 Å². The van der Waals surface area contributed by atoms with Gasteiger partial charge in [0.25, 0.3) is 5.22 Å². The van der Waals surface area contributed by atoms with Crippen molar-refractivity contribution >= 4 is 44.6 Å². The largest absolute Gasteiger partial charge is 0.430 e. The maximum Gasteiger partial charge on any atom is 0.258 e. The number of nitrogens with zero attached hydrogens (tertiary/aromatic N) is 3. The van der Waals surface area contributed by atoms with E-state index < -0.39 is 10.0 Å². The van der Waals surface area contributed by atoms with Crippen LogP contribution < -0.4 is 5.32 Å². The quantitative estimate of drug-likeness (QED) is 0.586. The lowest BCUT2D eigenvalue weighted by Gasteiger charge is -2.26. The van der Waals surface area contributed by atoms with Gasteiger partial charge < -0.3 is 14.5 Å². The molecule has 0 unspecified atom stereocenters. The molecule has 0 radical (unpaired) electrons. The van der Waals surface area contributed by atoms with Crippen LogP contribution in [0.1, 0.15) is 0 Å². The highest BCUT2D eigenvalue weighted by molar-refractivity contribution is 7.99. The number of amides is 1. The number of ether oxygens (including phenoxy) is 1. The van der Waals surface area contributed by atoms with Crippen LogP contribution in [0.5, 0.6) is 0 Å². The molecule has 1 aromatic carbocycles. The molecule has 1 N–H and O–H groups in total. The second-order valence-corrected chi connectivity index (χ2v) is 9.05. The summed E-state index contributed by atoms with van der Waals surface area (Å²) in [5.41, 5.74) is 1.57. The number of anilines is 1. The van der Waals surface area contributed by atoms with Crippen molar-refractivity contribution in [1.29, 1.82) is 0 Å². The predicted octanol–water partition coefficient (Wildman–Crippen LogP) is 1.97. The molecule has 0 aliphatic carbocycles. The number of thioether (sulfide) groups is 1. The Labute approximate surface area is 171 Å². The van der Waals surface area contributed by atoms with Gasteiger partial charge in [-0.05, 0) is 36.4 Å². The van der Waals surface area contributed by atoms with Gasteiger partial charge in [0.2, 0.25) is 15.9 Å². The van der Waals surface area contributed by atoms with Crippen molar-refractivity contribution in [2.45, 2.75) is 10.1 Å². The summed E-state index contributed by atoms with van der Waals surface area (Å²) < 4.78 is 37.3. The molecular weight excluding hydrogens is 416 g/mol. The summed E-state index contributed by atoms with van der Waals surface area (Å²) in [5.74, 6) is -0.158. The van der Waals surface area contributed by atoms with Crippen LogP contribution in [0.15, 0.2) is 57.1 Å². The molecule has 0 atom stereocenters. The number of hydrogen-bond acceptors (Lipinski definition) is 8. The molecule has 4 rings (SSSR count). The fraction of sp³-hybridized carbons (Fsp3) is 0.278. The Kier molecular flexibility index (Phi) is 5.81. The molecule has 1 amide bonds. The number of carbonyl (C=O) groups excluding carboxylic acids is 1. The van der Waals surface area contributed by atoms with Crippen LogP contribution in [0.25, 0.3) is 11.2 Å². The summed E-state index contributed by atoms with van der Waals surface area (Å²) in [7, 11) is -3.56. The minimum Gasteiger partial charge on any atom is -0.430 e. The van der Waals surface area contributed by atoms with E-state index >= 15 is 0 Å². The summed E-state index contributed by atoms with van der Waals surface area (Å²) in [6, 6.07) is 9.61. The standard InChI is InChI=1S/C18H18N4O5S2/c23-16(12-28-18-21-17-15(27-18)2-1-7-19-17)20-13-3-5-14(6-4-13)29(24,25)22-8-10-26-11-9-22/h1-7H,8-12H2,(H,20,23). The zero-order valence-electron chi connectivity index (χ0n) is 15.3. The Bertz CT molecular complexity index is 1080. The minimum absolute atomic E-state index is 0.0979. The van der Waals surface area contributed by atoms with Gasteiger partial charge in [0.05, 0.1) is 23.9 Å². The predicted molar refractivity (Wildman–Crippen MR) is 107 cm³/mol. The third-order valence-corrected chi connectivity index (χ3v) is 6.96. The van der Waals surface area contributed by atoms with E-state index in [1.165, 1.54) is 16.4 Å². The SMILES string of the molecule is O=C(CSc1nc2ncccc2o1)Nc1ccc(S(=O)(=O)N2CCOCC2)cc1. The third-order valence-electron chi connectivity index (χ3n) is 4.22. The van der Waals surface area contributed by atoms with Gasteiger partial charge >= 0.3 is 0 Å². The number of hydrogen-bond donors (Lipinski definition) is 1. The van der Waals surface area contributed by atoms with Gasteiger partial charge in [-0.3, -0.25) is 4.79 Å². The average Bonchev–Trinajstić information content (AvgIpc) is 3.16. The number of sulfonamides is 1. The highest BCUT2D eigenvalue weighted by Gasteiger charge is 2.26. The summed E-state index contributed by atoms with van der Waals surface area (Å²) in [6.45, 7) is 1.45. The molecule has 1 saturated heterocycles. The minimum atomic E-state index is -3.56. The molecule has 152 valence electrons. The first kappa shape index (κ1) is 19.8. The van der Waals surface area contributed by atoms with Crippen LogP contribution >= 0.6 is 11.8 Å². The molecular formula is C18H18N4O5S2. The van der Waals surface area contributed by atoms with Crippen molar-refractivity contribution in [3.63, 3.8) is 0 Å². The molecule has 9 nitrogen and oxygen atoms in total. The van der Waals surface area contributed by atoms with E-state index in [0.29, 0.717) is 48.4 Å². The zero-order valence-corrected chi connectivity index (χ0v) is 16.9. The summed E-state index contributed by atoms with van der Waals surface area (Å²) in [4.78, 5) is 20.6. The third kappa shape index (κ3) is 4.58. The lowest BCUT2D eigenvalue weighted by molar-refractivity contribution is -0.113. The number of oxazole rings is 1. The Morgan fingerprint density at radius 1 is 1.17 bits per heavy atom. The Morgan fingerprint density at radius 2 is 1.93 bits per heavy atom. The number of benzene rings is 1. The summed E-state index contributed by atoms with van der Waals surface area (Å²) in [5, 5.41) is 3.09. The maximum absolute atomic E-state index is 12.6. The van der Waals surface area contributed by atoms with E-state index in [-0.39, 0.29) is 16.6 Å². The maximum atomic E-state index is 12.6. The van der Waals surface area contributed by atoms with Crippen LogP contribution in [-0.2, 0) is 19.6 Å². The van der Waals surface area contributed by atoms with E-state index in [4.69, 9.17) is 9.15 Å². The first-order valence-electron chi connectivity index (χ1n) is 8.84. The Hall–Kier alpha value is -2.47. The highest BCUT2D eigenvalue weighted by Crippen LogP contribution is 2.23. The van der Waals surface area contributed by atoms with E-state index in [9.17, 15) is 13.2 Å². The van der Waals surface area contributed by atoms with E-state index in [2.05, 4.69) is 15.3 Å². The zero-order chi connectivity index (χ0) is 20.3. The van der Waals surface area contributed by atoms with E-state index in [0.717, 1.165) is 11.8 Å². The number of fused-ring (bicyclic) bond motifs is 1. The van der Waals surface area contributed by atoms with Crippen LogP contribution in [0, 0.1) is 0 Å². The van der Waals surface area contributed by atoms with Crippen molar-refractivity contribution in [1.82, 2.24) is 14.3 Å². The number of nitrogens with one attached hydrogen (secondary N) is 1. The van der Waals surface area contributed by atoms with Crippen molar-refractivity contribution in [3.8, 4) is 0 Å². The smallest absolute Gasteiger partial charge is 0.258 e. The molecule has 1 fully saturated rings. The summed E-state index contributed by atoms with van der Waals surface area (Å²) in [6.07, 6.45) is 1.62. The van der Waals surface area contributed by atoms with E-state index in [1.54, 1.807) is 30.5 Å². The van der Waals surface area contributed by atoms with Crippen LogP contribution in [0.2, 0.25) is 0 Å². The van der Waals surface area contributed by atoms with Crippen molar-refractivity contribution in [2.24, 2.45) is 0 Å². The number of morpholine rings is 1. The molecule has 3 heterocycles. The molecule has 0 saturated carbocycles. The second kappa shape index (κ2) is 8.49. The normalized spacial score (nSPS) is 15.4. The second-order valence-electron chi connectivity index (χ2n) is 6.18. The number of aromatic nitrogens is 2. The van der Waals surface area contributed by atoms with E-state index in [1.807, 2.05) is 0 Å². The molecule has 29 heavy (non-hydrogen) atoms. The first-order chi connectivity index (χ1) is 14.0. The van der Waals surface area contributed by atoms with Crippen LogP contribution in [-0.4, -0.2) is 60.7 Å².